The molecule has 0 amide bonds. The summed E-state index contributed by atoms with van der Waals surface area (Å²) in [6, 6.07) is 3.49. The van der Waals surface area contributed by atoms with Gasteiger partial charge in [-0.1, -0.05) is 0 Å². The number of hydrogen-bond donors (Lipinski definition) is 1. The van der Waals surface area contributed by atoms with Gasteiger partial charge in [0.05, 0.1) is 7.11 Å². The molecular formula is C14H22N4O2. The Hall–Kier alpha value is -1.69. The van der Waals surface area contributed by atoms with Crippen molar-refractivity contribution in [2.24, 2.45) is 5.92 Å². The molecule has 20 heavy (non-hydrogen) atoms. The largest absolute Gasteiger partial charge is 0.464 e. The quantitative estimate of drug-likeness (QED) is 0.813. The maximum atomic E-state index is 11.3. The van der Waals surface area contributed by atoms with Crippen LogP contribution in [0.2, 0.25) is 0 Å². The van der Waals surface area contributed by atoms with E-state index in [4.69, 9.17) is 0 Å². The first-order chi connectivity index (χ1) is 9.74. The van der Waals surface area contributed by atoms with Gasteiger partial charge in [0.15, 0.2) is 11.5 Å². The second-order valence-electron chi connectivity index (χ2n) is 5.02. The molecule has 1 atom stereocenters. The van der Waals surface area contributed by atoms with Crippen molar-refractivity contribution in [3.8, 4) is 0 Å². The summed E-state index contributed by atoms with van der Waals surface area (Å²) >= 11 is 0. The second kappa shape index (κ2) is 7.19. The van der Waals surface area contributed by atoms with Crippen molar-refractivity contribution in [2.45, 2.75) is 19.8 Å². The Morgan fingerprint density at radius 3 is 2.90 bits per heavy atom. The number of piperidine rings is 1. The smallest absolute Gasteiger partial charge is 0.358 e. The highest BCUT2D eigenvalue weighted by Crippen LogP contribution is 2.16. The van der Waals surface area contributed by atoms with Crippen molar-refractivity contribution in [2.75, 3.05) is 38.2 Å². The number of methoxy groups -OCH3 is 1. The van der Waals surface area contributed by atoms with E-state index in [1.807, 2.05) is 6.07 Å². The normalized spacial score (nSPS) is 18.6. The molecule has 110 valence electrons. The number of nitrogens with zero attached hydrogens (tertiary/aromatic N) is 3. The Kier molecular flexibility index (Phi) is 5.29. The summed E-state index contributed by atoms with van der Waals surface area (Å²) in [6.07, 6.45) is 2.48. The van der Waals surface area contributed by atoms with E-state index in [2.05, 4.69) is 32.1 Å². The van der Waals surface area contributed by atoms with Crippen LogP contribution in [-0.2, 0) is 4.74 Å². The van der Waals surface area contributed by atoms with E-state index in [0.717, 1.165) is 32.0 Å². The van der Waals surface area contributed by atoms with Crippen LogP contribution in [0, 0.1) is 5.92 Å². The fraction of sp³-hybridized carbons (Fsp3) is 0.643. The Morgan fingerprint density at radius 2 is 2.35 bits per heavy atom. The number of ether oxygens (including phenoxy) is 1. The van der Waals surface area contributed by atoms with Crippen LogP contribution in [0.25, 0.3) is 0 Å². The minimum absolute atomic E-state index is 0.242. The number of hydrogen-bond acceptors (Lipinski definition) is 6. The van der Waals surface area contributed by atoms with Crippen LogP contribution < -0.4 is 10.2 Å². The maximum absolute atomic E-state index is 11.3. The van der Waals surface area contributed by atoms with Crippen LogP contribution in [0.15, 0.2) is 12.1 Å². The predicted molar refractivity (Wildman–Crippen MR) is 76.9 cm³/mol. The molecule has 0 spiro atoms. The van der Waals surface area contributed by atoms with E-state index in [0.29, 0.717) is 5.92 Å². The molecule has 1 aromatic rings. The molecule has 6 nitrogen and oxygen atoms in total. The molecule has 0 radical (unpaired) electrons. The molecule has 2 rings (SSSR count). The Morgan fingerprint density at radius 1 is 1.50 bits per heavy atom. The first-order valence-electron chi connectivity index (χ1n) is 7.12. The summed E-state index contributed by atoms with van der Waals surface area (Å²) in [6.45, 7) is 6.13. The van der Waals surface area contributed by atoms with Crippen LogP contribution in [0.4, 0.5) is 5.82 Å². The zero-order valence-electron chi connectivity index (χ0n) is 12.1. The Labute approximate surface area is 119 Å². The molecule has 0 bridgehead atoms. The summed E-state index contributed by atoms with van der Waals surface area (Å²) < 4.78 is 4.62. The lowest BCUT2D eigenvalue weighted by atomic mass is 9.99. The molecule has 1 aliphatic rings. The molecule has 1 saturated heterocycles. The molecule has 1 aliphatic heterocycles. The molecule has 6 heteroatoms. The number of rotatable bonds is 5. The van der Waals surface area contributed by atoms with Gasteiger partial charge in [0.25, 0.3) is 0 Å². The number of nitrogens with one attached hydrogen (secondary N) is 1. The molecule has 0 saturated carbocycles. The van der Waals surface area contributed by atoms with E-state index < -0.39 is 5.97 Å². The van der Waals surface area contributed by atoms with Gasteiger partial charge in [0.1, 0.15) is 0 Å². The zero-order valence-corrected chi connectivity index (χ0v) is 12.1. The highest BCUT2D eigenvalue weighted by Gasteiger charge is 2.18. The fourth-order valence-electron chi connectivity index (χ4n) is 2.48. The maximum Gasteiger partial charge on any atom is 0.358 e. The molecule has 0 aromatic carbocycles. The molecule has 1 aromatic heterocycles. The first kappa shape index (κ1) is 14.7. The zero-order chi connectivity index (χ0) is 14.4. The van der Waals surface area contributed by atoms with Gasteiger partial charge in [0.2, 0.25) is 0 Å². The van der Waals surface area contributed by atoms with Gasteiger partial charge in [-0.15, -0.1) is 10.2 Å². The third-order valence-electron chi connectivity index (χ3n) is 3.63. The number of esters is 1. The van der Waals surface area contributed by atoms with Crippen LogP contribution in [0.5, 0.6) is 0 Å². The molecule has 1 unspecified atom stereocenters. The molecule has 1 N–H and O–H groups in total. The minimum Gasteiger partial charge on any atom is -0.464 e. The number of anilines is 1. The molecular weight excluding hydrogens is 256 g/mol. The van der Waals surface area contributed by atoms with E-state index in [1.54, 1.807) is 6.07 Å². The Bertz CT molecular complexity index is 429. The van der Waals surface area contributed by atoms with Crippen LogP contribution in [-0.4, -0.2) is 49.5 Å². The van der Waals surface area contributed by atoms with Gasteiger partial charge in [0, 0.05) is 13.1 Å². The summed E-state index contributed by atoms with van der Waals surface area (Å²) in [4.78, 5) is 13.5. The van der Waals surface area contributed by atoms with Crippen LogP contribution >= 0.6 is 0 Å². The van der Waals surface area contributed by atoms with E-state index in [1.165, 1.54) is 20.0 Å². The Balaban J connectivity index is 2.01. The van der Waals surface area contributed by atoms with Crippen molar-refractivity contribution in [1.29, 1.82) is 0 Å². The SMILES string of the molecule is CCN(CC1CCCNC1)c1ccc(C(=O)OC)nn1. The van der Waals surface area contributed by atoms with Crippen molar-refractivity contribution in [1.82, 2.24) is 15.5 Å². The highest BCUT2D eigenvalue weighted by atomic mass is 16.5. The summed E-state index contributed by atoms with van der Waals surface area (Å²) in [5.41, 5.74) is 0.242. The first-order valence-corrected chi connectivity index (χ1v) is 7.12. The van der Waals surface area contributed by atoms with Gasteiger partial charge in [-0.05, 0) is 50.9 Å². The predicted octanol–water partition coefficient (Wildman–Crippen LogP) is 1.09. The third-order valence-corrected chi connectivity index (χ3v) is 3.63. The standard InChI is InChI=1S/C14H22N4O2/c1-3-18(10-11-5-4-8-15-9-11)13-7-6-12(16-17-13)14(19)20-2/h6-7,11,15H,3-5,8-10H2,1-2H3. The third kappa shape index (κ3) is 3.66. The van der Waals surface area contributed by atoms with Gasteiger partial charge >= 0.3 is 5.97 Å². The summed E-state index contributed by atoms with van der Waals surface area (Å²) in [7, 11) is 1.34. The number of carbonyl (C=O) groups excluding carboxylic acids is 1. The average Bonchev–Trinajstić information content (AvgIpc) is 2.53. The number of aromatic nitrogens is 2. The average molecular weight is 278 g/mol. The summed E-state index contributed by atoms with van der Waals surface area (Å²) in [5, 5.41) is 11.5. The van der Waals surface area contributed by atoms with Crippen molar-refractivity contribution in [3.63, 3.8) is 0 Å². The fourth-order valence-corrected chi connectivity index (χ4v) is 2.48. The lowest BCUT2D eigenvalue weighted by Crippen LogP contribution is -2.38. The number of carbonyl (C=O) groups is 1. The van der Waals surface area contributed by atoms with Gasteiger partial charge in [-0.25, -0.2) is 4.79 Å². The topological polar surface area (TPSA) is 67.4 Å². The summed E-state index contributed by atoms with van der Waals surface area (Å²) in [5.74, 6) is 1.00. The minimum atomic E-state index is -0.455. The lowest BCUT2D eigenvalue weighted by molar-refractivity contribution is 0.0592. The van der Waals surface area contributed by atoms with E-state index in [9.17, 15) is 4.79 Å². The van der Waals surface area contributed by atoms with Gasteiger partial charge in [-0.2, -0.15) is 0 Å². The van der Waals surface area contributed by atoms with E-state index >= 15 is 0 Å². The van der Waals surface area contributed by atoms with Crippen molar-refractivity contribution in [3.05, 3.63) is 17.8 Å². The van der Waals surface area contributed by atoms with Crippen molar-refractivity contribution >= 4 is 11.8 Å². The second-order valence-corrected chi connectivity index (χ2v) is 5.02. The lowest BCUT2D eigenvalue weighted by Gasteiger charge is -2.29. The molecule has 0 aliphatic carbocycles. The van der Waals surface area contributed by atoms with Crippen LogP contribution in [0.3, 0.4) is 0 Å². The molecule has 1 fully saturated rings. The van der Waals surface area contributed by atoms with Crippen molar-refractivity contribution < 1.29 is 9.53 Å². The monoisotopic (exact) mass is 278 g/mol. The van der Waals surface area contributed by atoms with Gasteiger partial charge < -0.3 is 15.0 Å². The van der Waals surface area contributed by atoms with E-state index in [-0.39, 0.29) is 5.69 Å². The van der Waals surface area contributed by atoms with Gasteiger partial charge in [-0.3, -0.25) is 0 Å². The molecule has 2 heterocycles. The van der Waals surface area contributed by atoms with Crippen LogP contribution in [0.1, 0.15) is 30.3 Å². The highest BCUT2D eigenvalue weighted by molar-refractivity contribution is 5.86.